The number of Topliss-reactive ketones (excluding diaryl/α,β-unsaturated/α-hetero) is 1. The van der Waals surface area contributed by atoms with Gasteiger partial charge in [-0.25, -0.2) is 10.0 Å². The average molecular weight is 769 g/mol. The van der Waals surface area contributed by atoms with Crippen molar-refractivity contribution >= 4 is 72.6 Å². The van der Waals surface area contributed by atoms with Gasteiger partial charge in [-0.2, -0.15) is 6.42 Å². The first-order valence-electron chi connectivity index (χ1n) is 15.3. The third kappa shape index (κ3) is 14.7. The Balaban J connectivity index is 0.000000264. The van der Waals surface area contributed by atoms with Crippen molar-refractivity contribution in [1.29, 1.82) is 0 Å². The van der Waals surface area contributed by atoms with Gasteiger partial charge in [0.25, 0.3) is 0 Å². The quantitative estimate of drug-likeness (QED) is 0.0592. The molecule has 0 spiro atoms. The molecule has 1 amide bonds. The van der Waals surface area contributed by atoms with Gasteiger partial charge >= 0.3 is 18.9 Å². The molecule has 50 heavy (non-hydrogen) atoms. The smallest absolute Gasteiger partial charge is 0.343 e. The third-order valence-corrected chi connectivity index (χ3v) is 7.59. The fourth-order valence-electron chi connectivity index (χ4n) is 4.03. The molecule has 0 saturated heterocycles. The number of hydrogen-bond acceptors (Lipinski definition) is 7. The van der Waals surface area contributed by atoms with E-state index in [9.17, 15) is 9.59 Å². The summed E-state index contributed by atoms with van der Waals surface area (Å²) < 4.78 is 0.884. The van der Waals surface area contributed by atoms with E-state index in [4.69, 9.17) is 28.0 Å². The second kappa shape index (κ2) is 22.9. The molecule has 6 rings (SSSR count). The monoisotopic (exact) mass is 767 g/mol. The van der Waals surface area contributed by atoms with Crippen molar-refractivity contribution in [1.82, 2.24) is 25.0 Å². The number of pyridine rings is 4. The second-order valence-electron chi connectivity index (χ2n) is 10.4. The molecule has 0 unspecified atom stereocenters. The van der Waals surface area contributed by atoms with Crippen molar-refractivity contribution in [3.05, 3.63) is 148 Å². The Labute approximate surface area is 323 Å². The molecule has 254 valence electrons. The number of nitrogens with zero attached hydrogens (tertiary/aromatic N) is 5. The molecule has 0 aliphatic heterocycles. The number of ketones is 1. The van der Waals surface area contributed by atoms with E-state index >= 15 is 0 Å². The van der Waals surface area contributed by atoms with Crippen LogP contribution in [0.3, 0.4) is 0 Å². The third-order valence-electron chi connectivity index (χ3n) is 6.71. The minimum absolute atomic E-state index is 0. The number of carbonyl (C=O) groups is 2. The van der Waals surface area contributed by atoms with Crippen LogP contribution in [-0.4, -0.2) is 50.8 Å². The molecule has 0 saturated carbocycles. The maximum atomic E-state index is 12.1. The number of rotatable bonds is 7. The summed E-state index contributed by atoms with van der Waals surface area (Å²) in [6.45, 7) is 5.72. The Hall–Kier alpha value is -3.68. The van der Waals surface area contributed by atoms with Crippen LogP contribution in [0.1, 0.15) is 41.4 Å². The number of aromatic nitrogens is 4. The number of halogens is 3. The predicted molar refractivity (Wildman–Crippen MR) is 201 cm³/mol. The number of unbranched alkanes of at least 4 members (excludes halogenated alkanes) is 1. The zero-order chi connectivity index (χ0) is 35.6. The largest absolute Gasteiger partial charge is 1.00 e. The van der Waals surface area contributed by atoms with Crippen molar-refractivity contribution in [3.8, 4) is 0 Å². The van der Waals surface area contributed by atoms with Gasteiger partial charge in [-0.05, 0) is 75.6 Å². The van der Waals surface area contributed by atoms with E-state index in [1.54, 1.807) is 44.0 Å². The summed E-state index contributed by atoms with van der Waals surface area (Å²) in [7, 11) is 3.04. The average Bonchev–Trinajstić information content (AvgIpc) is 3.12. The number of hydroxylamine groups is 2. The number of likely N-dealkylation sites (N-methyl/N-ethyl adjacent to an activating group) is 1. The topological polar surface area (TPSA) is 98.2 Å². The van der Waals surface area contributed by atoms with Gasteiger partial charge in [0.15, 0.2) is 5.78 Å². The Kier molecular flexibility index (Phi) is 19.5. The number of carbonyl (C=O) groups excluding carboxylic acids is 2. The van der Waals surface area contributed by atoms with E-state index < -0.39 is 0 Å². The van der Waals surface area contributed by atoms with Crippen LogP contribution >= 0.6 is 39.1 Å². The maximum Gasteiger partial charge on any atom is 1.00 e. The first-order chi connectivity index (χ1) is 23.6. The van der Waals surface area contributed by atoms with Crippen molar-refractivity contribution in [2.75, 3.05) is 14.2 Å². The summed E-state index contributed by atoms with van der Waals surface area (Å²) in [6, 6.07) is 26.2. The first kappa shape index (κ1) is 42.5. The molecule has 6 aromatic rings. The molecule has 0 fully saturated rings. The Morgan fingerprint density at radius 1 is 0.780 bits per heavy atom. The summed E-state index contributed by atoms with van der Waals surface area (Å²) in [5.74, 6) is -0.107. The minimum atomic E-state index is -0.106. The van der Waals surface area contributed by atoms with Crippen molar-refractivity contribution in [2.24, 2.45) is 0 Å². The molecule has 4 aromatic heterocycles. The van der Waals surface area contributed by atoms with E-state index in [0.717, 1.165) is 44.0 Å². The van der Waals surface area contributed by atoms with E-state index in [2.05, 4.69) is 49.7 Å². The molecule has 0 aliphatic rings. The van der Waals surface area contributed by atoms with Crippen LogP contribution in [0.2, 0.25) is 10.0 Å². The number of fused-ring (bicyclic) bond motifs is 2. The van der Waals surface area contributed by atoms with Gasteiger partial charge in [0.05, 0.1) is 34.6 Å². The predicted octanol–water partition coefficient (Wildman–Crippen LogP) is 6.63. The van der Waals surface area contributed by atoms with Crippen molar-refractivity contribution in [2.45, 2.75) is 32.6 Å². The zero-order valence-electron chi connectivity index (χ0n) is 28.5. The van der Waals surface area contributed by atoms with Crippen LogP contribution in [0, 0.1) is 6.92 Å². The van der Waals surface area contributed by atoms with Crippen LogP contribution in [-0.2, 0) is 22.5 Å². The van der Waals surface area contributed by atoms with Gasteiger partial charge in [-0.15, -0.1) is 0 Å². The molecule has 0 bridgehead atoms. The molecule has 12 heteroatoms. The van der Waals surface area contributed by atoms with Crippen molar-refractivity contribution in [3.63, 3.8) is 0 Å². The fraction of sp³-hybridized carbons (Fsp3) is 0.184. The molecule has 0 aliphatic carbocycles. The van der Waals surface area contributed by atoms with Crippen molar-refractivity contribution < 1.29 is 33.3 Å². The van der Waals surface area contributed by atoms with E-state index in [1.165, 1.54) is 18.6 Å². The van der Waals surface area contributed by atoms with Crippen LogP contribution < -0.4 is 18.9 Å². The molecule has 0 N–H and O–H groups in total. The molecule has 0 atom stereocenters. The Morgan fingerprint density at radius 2 is 1.30 bits per heavy atom. The number of amides is 1. The van der Waals surface area contributed by atoms with Gasteiger partial charge in [-0.1, -0.05) is 72.9 Å². The summed E-state index contributed by atoms with van der Waals surface area (Å²) in [5.41, 5.74) is 3.95. The normalized spacial score (nSPS) is 9.90. The van der Waals surface area contributed by atoms with Gasteiger partial charge < -0.3 is 6.92 Å². The molecular formula is C38H37BrCl2LiN5O3. The Morgan fingerprint density at radius 3 is 1.72 bits per heavy atom. The summed E-state index contributed by atoms with van der Waals surface area (Å²) >= 11 is 15.0. The van der Waals surface area contributed by atoms with Gasteiger partial charge in [-0.3, -0.25) is 29.4 Å². The van der Waals surface area contributed by atoms with E-state index in [0.29, 0.717) is 22.2 Å². The zero-order valence-corrected chi connectivity index (χ0v) is 31.6. The van der Waals surface area contributed by atoms with Crippen LogP contribution in [0.4, 0.5) is 0 Å². The molecule has 8 nitrogen and oxygen atoms in total. The summed E-state index contributed by atoms with van der Waals surface area (Å²) in [6.07, 6.45) is 9.44. The SMILES string of the molecule is Brc1ccccn1.CON(C)C(=O)Cc1ccc2cc(Cl)cnc2c1.O=C(Cc1ccc2cc(Cl)cnc2c1)c1ccccn1.[CH2-]CCC.[Li+]. The van der Waals surface area contributed by atoms with Gasteiger partial charge in [0.1, 0.15) is 10.3 Å². The molecule has 0 radical (unpaired) electrons. The van der Waals surface area contributed by atoms with Crippen LogP contribution in [0.25, 0.3) is 21.8 Å². The second-order valence-corrected chi connectivity index (χ2v) is 12.1. The van der Waals surface area contributed by atoms with Crippen LogP contribution in [0.15, 0.2) is 114 Å². The standard InChI is InChI=1S/C16H11ClN2O.C13H13ClN2O2.C5H4BrN.C4H9.Li/c17-13-9-12-5-4-11(7-15(12)19-10-13)8-16(20)14-3-1-2-6-18-14;1-16(18-2)13(17)6-9-3-4-10-7-11(14)8-15-12(10)5-9;6-5-3-1-2-4-7-5;1-3-4-2;/h1-7,9-10H,8H2;3-5,7-8H,6H2,1-2H3;1-4H;1,3-4H2,2H3;/q;;;-1;+1. The Bertz CT molecular complexity index is 1940. The van der Waals surface area contributed by atoms with E-state index in [-0.39, 0.29) is 37.0 Å². The fourth-order valence-corrected chi connectivity index (χ4v) is 4.64. The van der Waals surface area contributed by atoms with Gasteiger partial charge in [0, 0.05) is 49.0 Å². The minimum Gasteiger partial charge on any atom is -0.343 e. The summed E-state index contributed by atoms with van der Waals surface area (Å²) in [4.78, 5) is 45.1. The summed E-state index contributed by atoms with van der Waals surface area (Å²) in [5, 5.41) is 4.34. The molecular weight excluding hydrogens is 732 g/mol. The first-order valence-corrected chi connectivity index (χ1v) is 16.9. The number of benzene rings is 2. The maximum absolute atomic E-state index is 12.1. The molecule has 4 heterocycles. The molecule has 2 aromatic carbocycles. The van der Waals surface area contributed by atoms with E-state index in [1.807, 2.05) is 72.8 Å². The van der Waals surface area contributed by atoms with Crippen LogP contribution in [0.5, 0.6) is 0 Å². The number of hydrogen-bond donors (Lipinski definition) is 0. The van der Waals surface area contributed by atoms with Gasteiger partial charge in [0.2, 0.25) is 5.91 Å².